The average Bonchev–Trinajstić information content (AvgIpc) is 2.32. The molecule has 108 valence electrons. The fraction of sp³-hybridized carbons (Fsp3) is 0.545. The van der Waals surface area contributed by atoms with Crippen LogP contribution >= 0.6 is 0 Å². The first-order chi connectivity index (χ1) is 8.90. The molecule has 1 rings (SSSR count). The van der Waals surface area contributed by atoms with Gasteiger partial charge in [-0.2, -0.15) is 26.5 Å². The van der Waals surface area contributed by atoms with Crippen molar-refractivity contribution in [2.24, 2.45) is 0 Å². The topological polar surface area (TPSA) is 62.3 Å². The first-order valence-electron chi connectivity index (χ1n) is 6.00. The second-order valence-electron chi connectivity index (χ2n) is 3.98. The molecule has 0 atom stereocenters. The van der Waals surface area contributed by atoms with Crippen LogP contribution in [0.25, 0.3) is 0 Å². The van der Waals surface area contributed by atoms with Gasteiger partial charge in [-0.3, -0.25) is 4.72 Å². The highest BCUT2D eigenvalue weighted by molar-refractivity contribution is 7.90. The Morgan fingerprint density at radius 3 is 2.26 bits per heavy atom. The Bertz CT molecular complexity index is 517. The van der Waals surface area contributed by atoms with Gasteiger partial charge in [0, 0.05) is 13.1 Å². The lowest BCUT2D eigenvalue weighted by molar-refractivity contribution is 0.413. The van der Waals surface area contributed by atoms with Gasteiger partial charge in [0.25, 0.3) is 0 Å². The van der Waals surface area contributed by atoms with Crippen molar-refractivity contribution in [1.29, 1.82) is 0 Å². The van der Waals surface area contributed by atoms with Crippen LogP contribution in [0.15, 0.2) is 12.1 Å². The van der Waals surface area contributed by atoms with E-state index in [1.54, 1.807) is 0 Å². The van der Waals surface area contributed by atoms with Crippen molar-refractivity contribution in [2.75, 3.05) is 17.8 Å². The Morgan fingerprint density at radius 2 is 1.79 bits per heavy atom. The van der Waals surface area contributed by atoms with Crippen LogP contribution in [0.5, 0.6) is 0 Å². The van der Waals surface area contributed by atoms with E-state index in [-0.39, 0.29) is 5.69 Å². The van der Waals surface area contributed by atoms with E-state index in [1.807, 2.05) is 13.8 Å². The zero-order chi connectivity index (χ0) is 14.5. The van der Waals surface area contributed by atoms with Gasteiger partial charge < -0.3 is 0 Å². The number of hydrogen-bond donors (Lipinski definition) is 1. The smallest absolute Gasteiger partial charge is 0.266 e. The predicted octanol–water partition coefficient (Wildman–Crippen LogP) is 2.14. The number of halogens is 2. The highest BCUT2D eigenvalue weighted by atomic mass is 32.2. The quantitative estimate of drug-likeness (QED) is 0.783. The van der Waals surface area contributed by atoms with Crippen LogP contribution in [0.2, 0.25) is 0 Å². The maximum Gasteiger partial charge on any atom is 0.301 e. The Labute approximate surface area is 111 Å². The van der Waals surface area contributed by atoms with Crippen LogP contribution in [-0.2, 0) is 10.2 Å². The van der Waals surface area contributed by atoms with Crippen LogP contribution in [0.4, 0.5) is 14.5 Å². The molecule has 0 aliphatic heterocycles. The fourth-order valence-corrected chi connectivity index (χ4v) is 2.95. The standard InChI is InChI=1S/C11H17F2N3O2S/c1-3-7-16(8-4-2)19(17,18)15-9-5-6-10(12)14-11(9)13/h5-6,15H,3-4,7-8H2,1-2H3. The van der Waals surface area contributed by atoms with Crippen LogP contribution in [0.1, 0.15) is 26.7 Å². The zero-order valence-electron chi connectivity index (χ0n) is 10.9. The van der Waals surface area contributed by atoms with Gasteiger partial charge in [0.1, 0.15) is 5.69 Å². The molecule has 1 aromatic rings. The molecule has 1 N–H and O–H groups in total. The molecule has 0 aromatic carbocycles. The maximum absolute atomic E-state index is 13.3. The molecule has 19 heavy (non-hydrogen) atoms. The first kappa shape index (κ1) is 15.8. The Balaban J connectivity index is 2.93. The van der Waals surface area contributed by atoms with Gasteiger partial charge in [-0.05, 0) is 25.0 Å². The maximum atomic E-state index is 13.3. The number of aromatic nitrogens is 1. The van der Waals surface area contributed by atoms with E-state index in [9.17, 15) is 17.2 Å². The van der Waals surface area contributed by atoms with E-state index >= 15 is 0 Å². The highest BCUT2D eigenvalue weighted by Gasteiger charge is 2.22. The molecular weight excluding hydrogens is 276 g/mol. The molecular formula is C11H17F2N3O2S. The summed E-state index contributed by atoms with van der Waals surface area (Å²) in [5.41, 5.74) is -0.362. The highest BCUT2D eigenvalue weighted by Crippen LogP contribution is 2.15. The third-order valence-electron chi connectivity index (χ3n) is 2.34. The summed E-state index contributed by atoms with van der Waals surface area (Å²) in [5.74, 6) is -2.18. The van der Waals surface area contributed by atoms with Crippen LogP contribution < -0.4 is 4.72 Å². The Hall–Kier alpha value is -1.28. The van der Waals surface area contributed by atoms with Crippen LogP contribution in [0, 0.1) is 11.9 Å². The number of pyridine rings is 1. The summed E-state index contributed by atoms with van der Waals surface area (Å²) < 4.78 is 53.3. The van der Waals surface area contributed by atoms with Gasteiger partial charge in [0.05, 0.1) is 0 Å². The predicted molar refractivity (Wildman–Crippen MR) is 68.9 cm³/mol. The van der Waals surface area contributed by atoms with Crippen molar-refractivity contribution >= 4 is 15.9 Å². The third kappa shape index (κ3) is 4.39. The molecule has 0 radical (unpaired) electrons. The summed E-state index contributed by atoms with van der Waals surface area (Å²) in [6.07, 6.45) is 1.29. The summed E-state index contributed by atoms with van der Waals surface area (Å²) in [4.78, 5) is 2.93. The monoisotopic (exact) mass is 293 g/mol. The third-order valence-corrected chi connectivity index (χ3v) is 3.86. The van der Waals surface area contributed by atoms with E-state index in [2.05, 4.69) is 9.71 Å². The summed E-state index contributed by atoms with van der Waals surface area (Å²) in [6.45, 7) is 4.36. The number of hydrogen-bond acceptors (Lipinski definition) is 3. The molecule has 0 saturated heterocycles. The molecule has 0 amide bonds. The molecule has 1 heterocycles. The van der Waals surface area contributed by atoms with Crippen molar-refractivity contribution < 1.29 is 17.2 Å². The van der Waals surface area contributed by atoms with Crippen molar-refractivity contribution in [3.63, 3.8) is 0 Å². The molecule has 0 bridgehead atoms. The molecule has 0 saturated carbocycles. The number of rotatable bonds is 7. The van der Waals surface area contributed by atoms with Gasteiger partial charge in [-0.15, -0.1) is 0 Å². The normalized spacial score (nSPS) is 11.8. The summed E-state index contributed by atoms with van der Waals surface area (Å²) >= 11 is 0. The zero-order valence-corrected chi connectivity index (χ0v) is 11.7. The number of nitrogens with zero attached hydrogens (tertiary/aromatic N) is 2. The van der Waals surface area contributed by atoms with Crippen molar-refractivity contribution in [3.05, 3.63) is 24.0 Å². The Morgan fingerprint density at radius 1 is 1.21 bits per heavy atom. The lowest BCUT2D eigenvalue weighted by atomic mass is 10.4. The van der Waals surface area contributed by atoms with Crippen molar-refractivity contribution in [1.82, 2.24) is 9.29 Å². The minimum atomic E-state index is -3.85. The molecule has 0 aliphatic rings. The number of anilines is 1. The van der Waals surface area contributed by atoms with E-state index in [4.69, 9.17) is 0 Å². The van der Waals surface area contributed by atoms with Crippen molar-refractivity contribution in [3.8, 4) is 0 Å². The lowest BCUT2D eigenvalue weighted by Crippen LogP contribution is -2.37. The molecule has 0 spiro atoms. The second-order valence-corrected chi connectivity index (χ2v) is 5.65. The minimum Gasteiger partial charge on any atom is -0.266 e. The van der Waals surface area contributed by atoms with E-state index in [1.165, 1.54) is 4.31 Å². The van der Waals surface area contributed by atoms with Gasteiger partial charge in [-0.1, -0.05) is 13.8 Å². The SMILES string of the molecule is CCCN(CCC)S(=O)(=O)Nc1ccc(F)nc1F. The van der Waals surface area contributed by atoms with Crippen molar-refractivity contribution in [2.45, 2.75) is 26.7 Å². The summed E-state index contributed by atoms with van der Waals surface area (Å²) in [6, 6.07) is 1.90. The summed E-state index contributed by atoms with van der Waals surface area (Å²) in [5, 5.41) is 0. The van der Waals surface area contributed by atoms with E-state index < -0.39 is 22.1 Å². The van der Waals surface area contributed by atoms with Crippen LogP contribution in [-0.4, -0.2) is 30.8 Å². The minimum absolute atomic E-state index is 0.333. The molecule has 1 aromatic heterocycles. The lowest BCUT2D eigenvalue weighted by Gasteiger charge is -2.21. The van der Waals surface area contributed by atoms with E-state index in [0.29, 0.717) is 25.9 Å². The molecule has 8 heteroatoms. The first-order valence-corrected chi connectivity index (χ1v) is 7.44. The average molecular weight is 293 g/mol. The fourth-order valence-electron chi connectivity index (χ4n) is 1.54. The van der Waals surface area contributed by atoms with Crippen LogP contribution in [0.3, 0.4) is 0 Å². The molecule has 0 aliphatic carbocycles. The molecule has 0 unspecified atom stereocenters. The van der Waals surface area contributed by atoms with Gasteiger partial charge in [-0.25, -0.2) is 0 Å². The second kappa shape index (κ2) is 6.76. The summed E-state index contributed by atoms with van der Waals surface area (Å²) in [7, 11) is -3.85. The van der Waals surface area contributed by atoms with Gasteiger partial charge in [0.2, 0.25) is 11.9 Å². The van der Waals surface area contributed by atoms with E-state index in [0.717, 1.165) is 12.1 Å². The largest absolute Gasteiger partial charge is 0.301 e. The Kier molecular flexibility index (Phi) is 5.61. The van der Waals surface area contributed by atoms with Gasteiger partial charge >= 0.3 is 10.2 Å². The molecule has 5 nitrogen and oxygen atoms in total. The van der Waals surface area contributed by atoms with Gasteiger partial charge in [0.15, 0.2) is 0 Å². The molecule has 0 fully saturated rings. The number of nitrogens with one attached hydrogen (secondary N) is 1.